The number of nitrogens with zero attached hydrogens (tertiary/aromatic N) is 5. The summed E-state index contributed by atoms with van der Waals surface area (Å²) in [7, 11) is 0. The third-order valence-electron chi connectivity index (χ3n) is 3.57. The first-order valence-corrected chi connectivity index (χ1v) is 8.40. The van der Waals surface area contributed by atoms with E-state index in [9.17, 15) is 4.39 Å². The Kier molecular flexibility index (Phi) is 3.95. The van der Waals surface area contributed by atoms with Crippen molar-refractivity contribution >= 4 is 17.2 Å². The number of halogens is 1. The quantitative estimate of drug-likeness (QED) is 0.610. The molecule has 0 fully saturated rings. The lowest BCUT2D eigenvalue weighted by molar-refractivity contribution is 0.587. The van der Waals surface area contributed by atoms with Crippen LogP contribution in [0.25, 0.3) is 22.4 Å². The summed E-state index contributed by atoms with van der Waals surface area (Å²) in [5.74, 6) is 1.08. The molecule has 25 heavy (non-hydrogen) atoms. The normalized spacial score (nSPS) is 10.9. The van der Waals surface area contributed by atoms with Gasteiger partial charge in [0.25, 0.3) is 0 Å². The van der Waals surface area contributed by atoms with E-state index in [-0.39, 0.29) is 12.4 Å². The average molecular weight is 352 g/mol. The van der Waals surface area contributed by atoms with E-state index in [0.29, 0.717) is 33.7 Å². The second-order valence-corrected chi connectivity index (χ2v) is 6.19. The molecule has 3 aromatic heterocycles. The largest absolute Gasteiger partial charge is 0.384 e. The third kappa shape index (κ3) is 3.11. The molecule has 3 heterocycles. The van der Waals surface area contributed by atoms with Gasteiger partial charge in [0.2, 0.25) is 5.82 Å². The summed E-state index contributed by atoms with van der Waals surface area (Å²) in [6.07, 6.45) is 1.69. The minimum atomic E-state index is -0.291. The summed E-state index contributed by atoms with van der Waals surface area (Å²) in [5, 5.41) is 7.05. The first kappa shape index (κ1) is 15.4. The first-order valence-electron chi connectivity index (χ1n) is 7.52. The van der Waals surface area contributed by atoms with Gasteiger partial charge in [-0.15, -0.1) is 16.4 Å². The lowest BCUT2D eigenvalue weighted by atomic mass is 10.2. The number of thiazole rings is 1. The highest BCUT2D eigenvalue weighted by Gasteiger charge is 2.17. The number of nitrogen functional groups attached to an aromatic ring is 1. The van der Waals surface area contributed by atoms with Gasteiger partial charge in [0.15, 0.2) is 10.8 Å². The molecule has 0 atom stereocenters. The van der Waals surface area contributed by atoms with Crippen molar-refractivity contribution in [2.45, 2.75) is 6.54 Å². The van der Waals surface area contributed by atoms with Crippen LogP contribution in [0.1, 0.15) is 5.56 Å². The number of benzene rings is 1. The molecular formula is C17H13FN6S. The lowest BCUT2D eigenvalue weighted by Gasteiger charge is -2.07. The number of rotatable bonds is 4. The summed E-state index contributed by atoms with van der Waals surface area (Å²) in [6, 6.07) is 11.9. The van der Waals surface area contributed by atoms with Crippen LogP contribution < -0.4 is 5.73 Å². The molecule has 0 saturated heterocycles. The summed E-state index contributed by atoms with van der Waals surface area (Å²) >= 11 is 1.44. The lowest BCUT2D eigenvalue weighted by Crippen LogP contribution is -2.07. The van der Waals surface area contributed by atoms with Gasteiger partial charge in [-0.25, -0.2) is 24.0 Å². The van der Waals surface area contributed by atoms with Crippen molar-refractivity contribution in [1.82, 2.24) is 24.7 Å². The molecule has 0 bridgehead atoms. The van der Waals surface area contributed by atoms with Gasteiger partial charge in [0, 0.05) is 17.1 Å². The fourth-order valence-corrected chi connectivity index (χ4v) is 2.99. The highest BCUT2D eigenvalue weighted by atomic mass is 32.1. The van der Waals surface area contributed by atoms with Crippen molar-refractivity contribution in [2.24, 2.45) is 0 Å². The summed E-state index contributed by atoms with van der Waals surface area (Å²) in [6.45, 7) is 0.233. The Labute approximate surface area is 146 Å². The van der Waals surface area contributed by atoms with E-state index in [1.165, 1.54) is 17.4 Å². The third-order valence-corrected chi connectivity index (χ3v) is 4.34. The predicted molar refractivity (Wildman–Crippen MR) is 94.3 cm³/mol. The van der Waals surface area contributed by atoms with Crippen molar-refractivity contribution in [3.63, 3.8) is 0 Å². The van der Waals surface area contributed by atoms with Crippen LogP contribution in [0.15, 0.2) is 54.0 Å². The van der Waals surface area contributed by atoms with Crippen molar-refractivity contribution < 1.29 is 4.39 Å². The van der Waals surface area contributed by atoms with E-state index >= 15 is 0 Å². The molecule has 0 unspecified atom stereocenters. The molecule has 0 amide bonds. The van der Waals surface area contributed by atoms with Gasteiger partial charge >= 0.3 is 0 Å². The number of hydrogen-bond acceptors (Lipinski definition) is 6. The maximum atomic E-state index is 14.0. The Morgan fingerprint density at radius 1 is 1.08 bits per heavy atom. The van der Waals surface area contributed by atoms with Gasteiger partial charge in [-0.2, -0.15) is 0 Å². The van der Waals surface area contributed by atoms with Gasteiger partial charge in [-0.1, -0.05) is 24.3 Å². The number of pyridine rings is 1. The fraction of sp³-hybridized carbons (Fsp3) is 0.0588. The minimum Gasteiger partial charge on any atom is -0.384 e. The van der Waals surface area contributed by atoms with Crippen molar-refractivity contribution in [1.29, 1.82) is 0 Å². The highest BCUT2D eigenvalue weighted by molar-refractivity contribution is 7.13. The summed E-state index contributed by atoms with van der Waals surface area (Å²) < 4.78 is 15.7. The molecule has 1 aromatic carbocycles. The first-order chi connectivity index (χ1) is 12.2. The van der Waals surface area contributed by atoms with E-state index in [1.807, 2.05) is 5.38 Å². The second-order valence-electron chi connectivity index (χ2n) is 5.29. The van der Waals surface area contributed by atoms with Crippen LogP contribution >= 0.6 is 11.3 Å². The SMILES string of the molecule is Nc1cccc(-c2nc(-c3nccs3)nn2Cc2ccccc2F)n1. The average Bonchev–Trinajstić information content (AvgIpc) is 3.26. The molecule has 124 valence electrons. The monoisotopic (exact) mass is 352 g/mol. The van der Waals surface area contributed by atoms with Crippen molar-refractivity contribution in [3.8, 4) is 22.4 Å². The maximum Gasteiger partial charge on any atom is 0.210 e. The molecule has 6 nitrogen and oxygen atoms in total. The fourth-order valence-electron chi connectivity index (χ4n) is 2.43. The summed E-state index contributed by atoms with van der Waals surface area (Å²) in [5.41, 5.74) is 6.88. The minimum absolute atomic E-state index is 0.233. The Morgan fingerprint density at radius 2 is 1.96 bits per heavy atom. The smallest absolute Gasteiger partial charge is 0.210 e. The Bertz CT molecular complexity index is 1010. The molecule has 2 N–H and O–H groups in total. The highest BCUT2D eigenvalue weighted by Crippen LogP contribution is 2.24. The summed E-state index contributed by atoms with van der Waals surface area (Å²) in [4.78, 5) is 13.1. The van der Waals surface area contributed by atoms with Crippen LogP contribution in [0.2, 0.25) is 0 Å². The molecular weight excluding hydrogens is 339 g/mol. The van der Waals surface area contributed by atoms with Crippen molar-refractivity contribution in [2.75, 3.05) is 5.73 Å². The zero-order valence-electron chi connectivity index (χ0n) is 13.0. The molecule has 0 aliphatic heterocycles. The molecule has 0 aliphatic rings. The molecule has 0 radical (unpaired) electrons. The van der Waals surface area contributed by atoms with Crippen LogP contribution in [0.5, 0.6) is 0 Å². The number of aromatic nitrogens is 5. The number of nitrogens with two attached hydrogens (primary N) is 1. The number of anilines is 1. The van der Waals surface area contributed by atoms with E-state index in [4.69, 9.17) is 5.73 Å². The Hall–Kier alpha value is -3.13. The van der Waals surface area contributed by atoms with Gasteiger partial charge in [-0.05, 0) is 18.2 Å². The molecule has 0 saturated carbocycles. The van der Waals surface area contributed by atoms with Gasteiger partial charge in [0.1, 0.15) is 17.3 Å². The Balaban J connectivity index is 1.82. The van der Waals surface area contributed by atoms with E-state index in [2.05, 4.69) is 20.1 Å². The van der Waals surface area contributed by atoms with Gasteiger partial charge < -0.3 is 5.73 Å². The van der Waals surface area contributed by atoms with Crippen molar-refractivity contribution in [3.05, 3.63) is 65.4 Å². The molecule has 0 aliphatic carbocycles. The molecule has 4 rings (SSSR count). The topological polar surface area (TPSA) is 82.5 Å². The van der Waals surface area contributed by atoms with Crippen LogP contribution in [-0.2, 0) is 6.54 Å². The van der Waals surface area contributed by atoms with E-state index in [1.54, 1.807) is 47.3 Å². The predicted octanol–water partition coefficient (Wildman–Crippen LogP) is 3.23. The van der Waals surface area contributed by atoms with Gasteiger partial charge in [-0.3, -0.25) is 0 Å². The van der Waals surface area contributed by atoms with Crippen LogP contribution in [0.4, 0.5) is 10.2 Å². The zero-order valence-corrected chi connectivity index (χ0v) is 13.8. The van der Waals surface area contributed by atoms with E-state index < -0.39 is 0 Å². The standard InChI is InChI=1S/C17H13FN6S/c18-12-5-2-1-4-11(12)10-24-16(13-6-3-7-14(19)21-13)22-15(23-24)17-20-8-9-25-17/h1-9H,10H2,(H2,19,21). The van der Waals surface area contributed by atoms with Crippen LogP contribution in [-0.4, -0.2) is 24.7 Å². The maximum absolute atomic E-state index is 14.0. The van der Waals surface area contributed by atoms with Gasteiger partial charge in [0.05, 0.1) is 6.54 Å². The molecule has 4 aromatic rings. The van der Waals surface area contributed by atoms with E-state index in [0.717, 1.165) is 0 Å². The Morgan fingerprint density at radius 3 is 2.72 bits per heavy atom. The zero-order chi connectivity index (χ0) is 17.2. The number of hydrogen-bond donors (Lipinski definition) is 1. The second kappa shape index (κ2) is 6.40. The van der Waals surface area contributed by atoms with Crippen LogP contribution in [0, 0.1) is 5.82 Å². The molecule has 0 spiro atoms. The molecule has 8 heteroatoms. The van der Waals surface area contributed by atoms with Crippen LogP contribution in [0.3, 0.4) is 0 Å².